The molecule has 0 radical (unpaired) electrons. The molecule has 0 bridgehead atoms. The number of Topliss-reactive ketones (excluding diaryl/α,β-unsaturated/α-hetero) is 1. The second-order valence-electron chi connectivity index (χ2n) is 5.36. The third-order valence-electron chi connectivity index (χ3n) is 3.76. The SMILES string of the molecule is CN(c1ccccc1)c1ccccc1C#CC(=O)c1ccccc1. The quantitative estimate of drug-likeness (QED) is 0.516. The van der Waals surface area contributed by atoms with Crippen molar-refractivity contribution in [2.45, 2.75) is 0 Å². The van der Waals surface area contributed by atoms with E-state index in [0.29, 0.717) is 5.56 Å². The fourth-order valence-electron chi connectivity index (χ4n) is 2.45. The summed E-state index contributed by atoms with van der Waals surface area (Å²) in [7, 11) is 1.99. The van der Waals surface area contributed by atoms with Crippen molar-refractivity contribution >= 4 is 17.2 Å². The highest BCUT2D eigenvalue weighted by molar-refractivity contribution is 6.09. The van der Waals surface area contributed by atoms with Crippen LogP contribution in [0.2, 0.25) is 0 Å². The minimum Gasteiger partial charge on any atom is -0.344 e. The Morgan fingerprint density at radius 2 is 1.38 bits per heavy atom. The van der Waals surface area contributed by atoms with E-state index in [0.717, 1.165) is 16.9 Å². The number of anilines is 2. The first-order chi connectivity index (χ1) is 11.8. The van der Waals surface area contributed by atoms with Gasteiger partial charge in [0.05, 0.1) is 5.69 Å². The summed E-state index contributed by atoms with van der Waals surface area (Å²) in [5, 5.41) is 0. The Bertz CT molecular complexity index is 889. The molecule has 0 spiro atoms. The fourth-order valence-corrected chi connectivity index (χ4v) is 2.45. The molecule has 24 heavy (non-hydrogen) atoms. The lowest BCUT2D eigenvalue weighted by atomic mass is 10.1. The van der Waals surface area contributed by atoms with Gasteiger partial charge in [-0.25, -0.2) is 0 Å². The predicted octanol–water partition coefficient (Wildman–Crippen LogP) is 4.69. The van der Waals surface area contributed by atoms with Crippen molar-refractivity contribution in [3.05, 3.63) is 96.1 Å². The molecule has 0 aliphatic rings. The number of nitrogens with zero attached hydrogens (tertiary/aromatic N) is 1. The lowest BCUT2D eigenvalue weighted by molar-refractivity contribution is 0.105. The molecule has 3 aromatic carbocycles. The van der Waals surface area contributed by atoms with E-state index in [9.17, 15) is 4.79 Å². The van der Waals surface area contributed by atoms with Crippen molar-refractivity contribution in [2.75, 3.05) is 11.9 Å². The maximum Gasteiger partial charge on any atom is 0.236 e. The maximum absolute atomic E-state index is 12.2. The first-order valence-electron chi connectivity index (χ1n) is 7.75. The third kappa shape index (κ3) is 3.53. The van der Waals surface area contributed by atoms with Gasteiger partial charge < -0.3 is 4.90 Å². The lowest BCUT2D eigenvalue weighted by Crippen LogP contribution is -2.10. The number of rotatable bonds is 3. The molecule has 0 saturated heterocycles. The van der Waals surface area contributed by atoms with Gasteiger partial charge in [-0.1, -0.05) is 66.6 Å². The Kier molecular flexibility index (Phi) is 4.74. The van der Waals surface area contributed by atoms with Crippen LogP contribution >= 0.6 is 0 Å². The summed E-state index contributed by atoms with van der Waals surface area (Å²) in [6.45, 7) is 0. The molecule has 116 valence electrons. The summed E-state index contributed by atoms with van der Waals surface area (Å²) in [5.74, 6) is 5.59. The average molecular weight is 311 g/mol. The van der Waals surface area contributed by atoms with Crippen molar-refractivity contribution in [1.82, 2.24) is 0 Å². The minimum atomic E-state index is -0.173. The summed E-state index contributed by atoms with van der Waals surface area (Å²) in [6.07, 6.45) is 0. The average Bonchev–Trinajstić information content (AvgIpc) is 2.67. The zero-order chi connectivity index (χ0) is 16.8. The van der Waals surface area contributed by atoms with E-state index in [2.05, 4.69) is 16.7 Å². The molecule has 0 heterocycles. The molecule has 0 aliphatic heterocycles. The molecule has 0 aliphatic carbocycles. The normalized spacial score (nSPS) is 9.71. The van der Waals surface area contributed by atoms with Gasteiger partial charge in [-0.2, -0.15) is 0 Å². The Morgan fingerprint density at radius 1 is 0.792 bits per heavy atom. The van der Waals surface area contributed by atoms with Crippen LogP contribution < -0.4 is 4.90 Å². The predicted molar refractivity (Wildman–Crippen MR) is 98.6 cm³/mol. The molecule has 0 atom stereocenters. The van der Waals surface area contributed by atoms with E-state index in [1.807, 2.05) is 79.8 Å². The van der Waals surface area contributed by atoms with Crippen LogP contribution in [0.3, 0.4) is 0 Å². The number of ketones is 1. The number of benzene rings is 3. The summed E-state index contributed by atoms with van der Waals surface area (Å²) in [5.41, 5.74) is 3.48. The zero-order valence-electron chi connectivity index (χ0n) is 13.4. The summed E-state index contributed by atoms with van der Waals surface area (Å²) in [6, 6.07) is 27.0. The smallest absolute Gasteiger partial charge is 0.236 e. The van der Waals surface area contributed by atoms with Gasteiger partial charge in [-0.15, -0.1) is 0 Å². The molecule has 3 rings (SSSR count). The van der Waals surface area contributed by atoms with Gasteiger partial charge in [0.1, 0.15) is 0 Å². The Labute approximate surface area is 142 Å². The number of para-hydroxylation sites is 2. The standard InChI is InChI=1S/C22H17NO/c1-23(20-13-6-3-7-14-20)21-15-9-8-10-18(21)16-17-22(24)19-11-4-2-5-12-19/h2-15H,1H3. The minimum absolute atomic E-state index is 0.173. The first kappa shape index (κ1) is 15.6. The van der Waals surface area contributed by atoms with Gasteiger partial charge in [0.15, 0.2) is 0 Å². The number of hydrogen-bond donors (Lipinski definition) is 0. The fraction of sp³-hybridized carbons (Fsp3) is 0.0455. The zero-order valence-corrected chi connectivity index (χ0v) is 13.4. The van der Waals surface area contributed by atoms with Gasteiger partial charge in [0, 0.05) is 23.9 Å². The molecular weight excluding hydrogens is 294 g/mol. The number of carbonyl (C=O) groups excluding carboxylic acids is 1. The van der Waals surface area contributed by atoms with Gasteiger partial charge in [0.25, 0.3) is 0 Å². The highest BCUT2D eigenvalue weighted by atomic mass is 16.1. The van der Waals surface area contributed by atoms with Crippen LogP contribution in [0.15, 0.2) is 84.9 Å². The van der Waals surface area contributed by atoms with Crippen LogP contribution in [0.25, 0.3) is 0 Å². The highest BCUT2D eigenvalue weighted by Gasteiger charge is 2.07. The third-order valence-corrected chi connectivity index (χ3v) is 3.76. The van der Waals surface area contributed by atoms with Crippen molar-refractivity contribution < 1.29 is 4.79 Å². The number of hydrogen-bond acceptors (Lipinski definition) is 2. The van der Waals surface area contributed by atoms with E-state index in [1.54, 1.807) is 12.1 Å². The second-order valence-corrected chi connectivity index (χ2v) is 5.36. The lowest BCUT2D eigenvalue weighted by Gasteiger charge is -2.20. The molecule has 0 unspecified atom stereocenters. The molecule has 0 amide bonds. The highest BCUT2D eigenvalue weighted by Crippen LogP contribution is 2.26. The largest absolute Gasteiger partial charge is 0.344 e. The van der Waals surface area contributed by atoms with Crippen LogP contribution in [-0.4, -0.2) is 12.8 Å². The summed E-state index contributed by atoms with van der Waals surface area (Å²) in [4.78, 5) is 14.2. The van der Waals surface area contributed by atoms with Crippen LogP contribution in [0, 0.1) is 11.8 Å². The topological polar surface area (TPSA) is 20.3 Å². The molecule has 0 fully saturated rings. The van der Waals surface area contributed by atoms with E-state index in [4.69, 9.17) is 0 Å². The maximum atomic E-state index is 12.2. The van der Waals surface area contributed by atoms with Crippen molar-refractivity contribution in [2.24, 2.45) is 0 Å². The molecule has 3 aromatic rings. The van der Waals surface area contributed by atoms with E-state index in [1.165, 1.54) is 0 Å². The van der Waals surface area contributed by atoms with Crippen molar-refractivity contribution in [1.29, 1.82) is 0 Å². The van der Waals surface area contributed by atoms with Crippen molar-refractivity contribution in [3.63, 3.8) is 0 Å². The van der Waals surface area contributed by atoms with Gasteiger partial charge in [-0.05, 0) is 30.2 Å². The molecule has 2 nitrogen and oxygen atoms in total. The van der Waals surface area contributed by atoms with E-state index < -0.39 is 0 Å². The Morgan fingerprint density at radius 3 is 2.08 bits per heavy atom. The number of carbonyl (C=O) groups is 1. The molecule has 2 heteroatoms. The van der Waals surface area contributed by atoms with Crippen LogP contribution in [0.5, 0.6) is 0 Å². The van der Waals surface area contributed by atoms with E-state index >= 15 is 0 Å². The van der Waals surface area contributed by atoms with Gasteiger partial charge in [0.2, 0.25) is 5.78 Å². The van der Waals surface area contributed by atoms with Crippen LogP contribution in [0.1, 0.15) is 15.9 Å². The first-order valence-corrected chi connectivity index (χ1v) is 7.75. The van der Waals surface area contributed by atoms with Gasteiger partial charge >= 0.3 is 0 Å². The molecular formula is C22H17NO. The molecule has 0 N–H and O–H groups in total. The molecule has 0 saturated carbocycles. The van der Waals surface area contributed by atoms with E-state index in [-0.39, 0.29) is 5.78 Å². The van der Waals surface area contributed by atoms with Crippen molar-refractivity contribution in [3.8, 4) is 11.8 Å². The molecule has 0 aromatic heterocycles. The summed E-state index contributed by atoms with van der Waals surface area (Å²) >= 11 is 0. The monoisotopic (exact) mass is 311 g/mol. The van der Waals surface area contributed by atoms with Crippen LogP contribution in [-0.2, 0) is 0 Å². The van der Waals surface area contributed by atoms with Gasteiger partial charge in [-0.3, -0.25) is 4.79 Å². The second kappa shape index (κ2) is 7.30. The van der Waals surface area contributed by atoms with Crippen LogP contribution in [0.4, 0.5) is 11.4 Å². The summed E-state index contributed by atoms with van der Waals surface area (Å²) < 4.78 is 0. The Hall–Kier alpha value is -3.31. The Balaban J connectivity index is 1.91.